The first kappa shape index (κ1) is 29.8. The molecule has 0 atom stereocenters. The van der Waals surface area contributed by atoms with Gasteiger partial charge in [-0.2, -0.15) is 0 Å². The zero-order valence-electron chi connectivity index (χ0n) is 24.0. The number of fused-ring (bicyclic) bond motifs is 6. The van der Waals surface area contributed by atoms with Crippen LogP contribution in [0.3, 0.4) is 0 Å². The molecule has 2 aliphatic carbocycles. The van der Waals surface area contributed by atoms with Crippen molar-refractivity contribution in [3.8, 4) is 56.6 Å². The summed E-state index contributed by atoms with van der Waals surface area (Å²) in [5.41, 5.74) is 4.41. The van der Waals surface area contributed by atoms with E-state index in [1.807, 2.05) is 12.1 Å². The lowest BCUT2D eigenvalue weighted by atomic mass is 9.94. The molecule has 0 saturated carbocycles. The van der Waals surface area contributed by atoms with Crippen molar-refractivity contribution in [2.24, 2.45) is 0 Å². The van der Waals surface area contributed by atoms with E-state index in [-0.39, 0.29) is 33.7 Å². The van der Waals surface area contributed by atoms with Crippen LogP contribution in [0.25, 0.3) is 65.3 Å². The van der Waals surface area contributed by atoms with Crippen molar-refractivity contribution in [1.82, 2.24) is 0 Å². The van der Waals surface area contributed by atoms with Crippen molar-refractivity contribution in [1.29, 1.82) is 10.5 Å². The van der Waals surface area contributed by atoms with Crippen LogP contribution in [0, 0.1) is 70.7 Å². The van der Waals surface area contributed by atoms with E-state index in [4.69, 9.17) is 13.1 Å². The largest absolute Gasteiger partial charge is 0.270 e. The topological polar surface area (TPSA) is 56.3 Å². The van der Waals surface area contributed by atoms with Crippen LogP contribution in [-0.4, -0.2) is 0 Å². The molecule has 226 valence electrons. The third kappa shape index (κ3) is 4.29. The van der Waals surface area contributed by atoms with Gasteiger partial charge in [0.25, 0.3) is 11.4 Å². The first-order chi connectivity index (χ1) is 23.1. The Labute approximate surface area is 268 Å². The molecule has 48 heavy (non-hydrogen) atoms. The number of benzene rings is 5. The average molecular weight is 639 g/mol. The van der Waals surface area contributed by atoms with Gasteiger partial charge in [-0.05, 0) is 115 Å². The summed E-state index contributed by atoms with van der Waals surface area (Å²) in [7, 11) is 0. The van der Waals surface area contributed by atoms with E-state index >= 15 is 0 Å². The molecule has 0 bridgehead atoms. The summed E-state index contributed by atoms with van der Waals surface area (Å²) >= 11 is 0. The molecule has 0 aromatic heterocycles. The molecule has 7 rings (SSSR count). The molecule has 0 aliphatic heterocycles. The first-order valence-corrected chi connectivity index (χ1v) is 13.9. The highest BCUT2D eigenvalue weighted by molar-refractivity contribution is 6.11. The molecule has 2 aliphatic rings. The predicted octanol–water partition coefficient (Wildman–Crippen LogP) is 10.2. The van der Waals surface area contributed by atoms with Crippen LogP contribution in [0.2, 0.25) is 0 Å². The molecule has 0 spiro atoms. The Kier molecular flexibility index (Phi) is 6.76. The maximum atomic E-state index is 14.1. The zero-order valence-corrected chi connectivity index (χ0v) is 24.0. The maximum Gasteiger partial charge on any atom is 0.270 e. The van der Waals surface area contributed by atoms with Crippen molar-refractivity contribution in [3.63, 3.8) is 0 Å². The van der Waals surface area contributed by atoms with Gasteiger partial charge in [0.05, 0.1) is 25.3 Å². The van der Waals surface area contributed by atoms with Crippen LogP contribution >= 0.6 is 0 Å². The minimum atomic E-state index is -1.62. The van der Waals surface area contributed by atoms with E-state index in [2.05, 4.69) is 9.69 Å². The number of allylic oxidation sites excluding steroid dienone is 2. The molecule has 10 heteroatoms. The van der Waals surface area contributed by atoms with Gasteiger partial charge in [-0.15, -0.1) is 0 Å². The molecule has 0 saturated heterocycles. The molecule has 4 nitrogen and oxygen atoms in total. The number of nitrogens with zero attached hydrogens (tertiary/aromatic N) is 4. The van der Waals surface area contributed by atoms with E-state index < -0.39 is 34.9 Å². The Morgan fingerprint density at radius 2 is 0.771 bits per heavy atom. The molecule has 0 unspecified atom stereocenters. The Hall–Kier alpha value is -6.88. The van der Waals surface area contributed by atoms with Gasteiger partial charge in [-0.25, -0.2) is 46.6 Å². The van der Waals surface area contributed by atoms with E-state index in [9.17, 15) is 36.9 Å². The van der Waals surface area contributed by atoms with Gasteiger partial charge < -0.3 is 0 Å². The summed E-state index contributed by atoms with van der Waals surface area (Å²) in [4.78, 5) is 6.82. The van der Waals surface area contributed by atoms with Crippen LogP contribution in [0.5, 0.6) is 0 Å². The van der Waals surface area contributed by atoms with Gasteiger partial charge in [0.2, 0.25) is 0 Å². The number of halogens is 6. The van der Waals surface area contributed by atoms with Crippen molar-refractivity contribution in [3.05, 3.63) is 164 Å². The zero-order chi connectivity index (χ0) is 34.0. The molecule has 0 fully saturated rings. The Morgan fingerprint density at radius 1 is 0.438 bits per heavy atom. The molecule has 0 amide bonds. The monoisotopic (exact) mass is 638 g/mol. The standard InChI is InChI=1S/C38H12F6N4/c1-47-33(15-45)35-25-7-17(19-9-29(39)37(43)30(40)10-19)3-5-21(25)23-13-24-22-6-4-18(20-11-31(41)38(44)32(42)12-20)8-26(22)36(34(16-46)48-2)28(24)14-27(23)35/h3-14H/b35-33-,36-34+. The minimum absolute atomic E-state index is 0.0277. The lowest BCUT2D eigenvalue weighted by Crippen LogP contribution is -1.93. The highest BCUT2D eigenvalue weighted by atomic mass is 19.2. The SMILES string of the molecule is [C-]#[N+]/C(C#N)=C1/c2cc(-c3cc(F)c(F)c(F)c3)ccc2-c2cc3c(cc21)/C(=C(\C#N)[N+]#[C-])c1cc(-c2cc(F)c(F)c(F)c2)ccc1-3. The Morgan fingerprint density at radius 3 is 1.10 bits per heavy atom. The molecule has 5 aromatic rings. The highest BCUT2D eigenvalue weighted by Gasteiger charge is 2.34. The van der Waals surface area contributed by atoms with E-state index in [1.54, 1.807) is 48.5 Å². The van der Waals surface area contributed by atoms with Gasteiger partial charge >= 0.3 is 0 Å². The molecular formula is C38H12F6N4. The summed E-state index contributed by atoms with van der Waals surface area (Å²) < 4.78 is 83.8. The van der Waals surface area contributed by atoms with E-state index in [0.29, 0.717) is 55.6 Å². The van der Waals surface area contributed by atoms with E-state index in [1.165, 1.54) is 0 Å². The highest BCUT2D eigenvalue weighted by Crippen LogP contribution is 2.54. The fourth-order valence-electron chi connectivity index (χ4n) is 6.31. The molecule has 0 heterocycles. The fourth-order valence-corrected chi connectivity index (χ4v) is 6.31. The summed E-state index contributed by atoms with van der Waals surface area (Å²) in [6.45, 7) is 15.4. The van der Waals surface area contributed by atoms with Crippen molar-refractivity contribution >= 4 is 11.1 Å². The van der Waals surface area contributed by atoms with Gasteiger partial charge in [-0.1, -0.05) is 24.3 Å². The van der Waals surface area contributed by atoms with Crippen LogP contribution in [-0.2, 0) is 0 Å². The van der Waals surface area contributed by atoms with Gasteiger partial charge in [0.1, 0.15) is 0 Å². The van der Waals surface area contributed by atoms with Crippen molar-refractivity contribution < 1.29 is 26.3 Å². The lowest BCUT2D eigenvalue weighted by Gasteiger charge is -2.09. The van der Waals surface area contributed by atoms with Crippen LogP contribution in [0.1, 0.15) is 22.3 Å². The quantitative estimate of drug-likeness (QED) is 0.0819. The van der Waals surface area contributed by atoms with E-state index in [0.717, 1.165) is 24.3 Å². The third-order valence-electron chi connectivity index (χ3n) is 8.40. The number of rotatable bonds is 2. The van der Waals surface area contributed by atoms with Crippen LogP contribution < -0.4 is 0 Å². The van der Waals surface area contributed by atoms with Gasteiger partial charge in [0, 0.05) is 11.1 Å². The Bertz CT molecular complexity index is 2320. The first-order valence-electron chi connectivity index (χ1n) is 13.9. The second-order valence-electron chi connectivity index (χ2n) is 10.9. The number of hydrogen-bond donors (Lipinski definition) is 0. The predicted molar refractivity (Wildman–Crippen MR) is 164 cm³/mol. The van der Waals surface area contributed by atoms with Crippen molar-refractivity contribution in [2.45, 2.75) is 0 Å². The summed E-state index contributed by atoms with van der Waals surface area (Å²) in [5, 5.41) is 19.9. The molecule has 5 aromatic carbocycles. The lowest BCUT2D eigenvalue weighted by molar-refractivity contribution is 0.447. The van der Waals surface area contributed by atoms with Crippen LogP contribution in [0.15, 0.2) is 84.2 Å². The Balaban J connectivity index is 1.48. The summed E-state index contributed by atoms with van der Waals surface area (Å²) in [5.74, 6) is -8.78. The van der Waals surface area contributed by atoms with Crippen molar-refractivity contribution in [2.75, 3.05) is 0 Å². The second-order valence-corrected chi connectivity index (χ2v) is 10.9. The summed E-state index contributed by atoms with van der Waals surface area (Å²) in [6, 6.07) is 20.1. The van der Waals surface area contributed by atoms with Crippen LogP contribution in [0.4, 0.5) is 26.3 Å². The fraction of sp³-hybridized carbons (Fsp3) is 0. The maximum absolute atomic E-state index is 14.1. The summed E-state index contributed by atoms with van der Waals surface area (Å²) in [6.07, 6.45) is 0. The second kappa shape index (κ2) is 10.9. The number of nitriles is 2. The molecule has 0 N–H and O–H groups in total. The minimum Gasteiger partial charge on any atom is -0.226 e. The third-order valence-corrected chi connectivity index (χ3v) is 8.40. The normalized spacial score (nSPS) is 14.0. The average Bonchev–Trinajstić information content (AvgIpc) is 3.57. The molecular weight excluding hydrogens is 626 g/mol. The van der Waals surface area contributed by atoms with Gasteiger partial charge in [-0.3, -0.25) is 0 Å². The smallest absolute Gasteiger partial charge is 0.226 e. The molecule has 0 radical (unpaired) electrons. The van der Waals surface area contributed by atoms with Gasteiger partial charge in [0.15, 0.2) is 34.9 Å². The number of hydrogen-bond acceptors (Lipinski definition) is 2.